The zero-order valence-electron chi connectivity index (χ0n) is 21.5. The highest BCUT2D eigenvalue weighted by Gasteiger charge is 2.57. The number of benzene rings is 1. The van der Waals surface area contributed by atoms with E-state index in [4.69, 9.17) is 13.9 Å². The summed E-state index contributed by atoms with van der Waals surface area (Å²) in [5, 5.41) is 22.1. The standard InChI is InChI=1S/C26H42O6Si/c1-25(2,3)33(7,8)32-19-15-18-21(22(19)24(28)26(4,5)29)17-13-9-11-16(23(17)31-18)12-10-14-20(27)30-6/h9,11,13,18-19,21-22,24,28-29H,10,12,14-15H2,1-8H3. The van der Waals surface area contributed by atoms with Gasteiger partial charge in [-0.05, 0) is 50.4 Å². The van der Waals surface area contributed by atoms with Crippen molar-refractivity contribution in [2.45, 2.75) is 108 Å². The average molecular weight is 479 g/mol. The lowest BCUT2D eigenvalue weighted by atomic mass is 9.78. The molecular weight excluding hydrogens is 436 g/mol. The molecule has 1 aliphatic heterocycles. The number of carbonyl (C=O) groups is 1. The molecule has 0 radical (unpaired) electrons. The molecule has 0 aromatic heterocycles. The SMILES string of the molecule is COC(=O)CCCc1cccc2c1OC1CC(O[Si](C)(C)C(C)(C)C)C(C(O)C(C)(C)O)C21. The number of methoxy groups -OCH3 is 1. The lowest BCUT2D eigenvalue weighted by Crippen LogP contribution is -2.50. The summed E-state index contributed by atoms with van der Waals surface area (Å²) in [4.78, 5) is 11.5. The summed E-state index contributed by atoms with van der Waals surface area (Å²) in [7, 11) is -0.685. The molecule has 33 heavy (non-hydrogen) atoms. The van der Waals surface area contributed by atoms with Gasteiger partial charge in [0.05, 0.1) is 24.9 Å². The summed E-state index contributed by atoms with van der Waals surface area (Å²) in [6, 6.07) is 6.14. The van der Waals surface area contributed by atoms with Crippen LogP contribution in [0.2, 0.25) is 18.1 Å². The minimum atomic E-state index is -2.09. The first-order valence-electron chi connectivity index (χ1n) is 12.1. The van der Waals surface area contributed by atoms with Gasteiger partial charge in [0.25, 0.3) is 0 Å². The summed E-state index contributed by atoms with van der Waals surface area (Å²) in [6.07, 6.45) is 1.24. The molecular formula is C26H42O6Si. The summed E-state index contributed by atoms with van der Waals surface area (Å²) >= 11 is 0. The summed E-state index contributed by atoms with van der Waals surface area (Å²) in [5.41, 5.74) is 0.893. The van der Waals surface area contributed by atoms with Crippen LogP contribution in [0, 0.1) is 5.92 Å². The Morgan fingerprint density at radius 2 is 1.91 bits per heavy atom. The Morgan fingerprint density at radius 3 is 2.48 bits per heavy atom. The molecule has 2 aliphatic rings. The number of ether oxygens (including phenoxy) is 2. The summed E-state index contributed by atoms with van der Waals surface area (Å²) in [5.74, 6) is 0.350. The minimum absolute atomic E-state index is 0.0422. The fraction of sp³-hybridized carbons (Fsp3) is 0.731. The van der Waals surface area contributed by atoms with Crippen LogP contribution in [0.5, 0.6) is 5.75 Å². The van der Waals surface area contributed by atoms with Gasteiger partial charge in [-0.15, -0.1) is 0 Å². The van der Waals surface area contributed by atoms with E-state index in [2.05, 4.69) is 39.9 Å². The van der Waals surface area contributed by atoms with Crippen LogP contribution < -0.4 is 4.74 Å². The van der Waals surface area contributed by atoms with Crippen LogP contribution in [0.25, 0.3) is 0 Å². The highest BCUT2D eigenvalue weighted by molar-refractivity contribution is 6.74. The molecule has 1 aliphatic carbocycles. The average Bonchev–Trinajstić information content (AvgIpc) is 3.21. The van der Waals surface area contributed by atoms with E-state index in [-0.39, 0.29) is 35.1 Å². The van der Waals surface area contributed by atoms with Crippen molar-refractivity contribution in [2.75, 3.05) is 7.11 Å². The Bertz CT molecular complexity index is 853. The van der Waals surface area contributed by atoms with Crippen molar-refractivity contribution in [1.29, 1.82) is 0 Å². The number of hydrogen-bond donors (Lipinski definition) is 2. The first kappa shape index (κ1) is 26.2. The van der Waals surface area contributed by atoms with Crippen molar-refractivity contribution in [3.05, 3.63) is 29.3 Å². The fourth-order valence-corrected chi connectivity index (χ4v) is 6.34. The van der Waals surface area contributed by atoms with E-state index in [1.54, 1.807) is 13.8 Å². The minimum Gasteiger partial charge on any atom is -0.489 e. The third-order valence-electron chi connectivity index (χ3n) is 7.86. The van der Waals surface area contributed by atoms with Gasteiger partial charge >= 0.3 is 5.97 Å². The maximum absolute atomic E-state index is 11.5. The van der Waals surface area contributed by atoms with Crippen LogP contribution in [-0.4, -0.2) is 55.5 Å². The van der Waals surface area contributed by atoms with Crippen LogP contribution in [0.15, 0.2) is 18.2 Å². The molecule has 1 aromatic rings. The second-order valence-corrected chi connectivity index (χ2v) is 16.5. The highest BCUT2D eigenvalue weighted by atomic mass is 28.4. The van der Waals surface area contributed by atoms with Gasteiger partial charge < -0.3 is 24.1 Å². The number of hydrogen-bond acceptors (Lipinski definition) is 6. The van der Waals surface area contributed by atoms with Crippen molar-refractivity contribution in [1.82, 2.24) is 0 Å². The highest BCUT2D eigenvalue weighted by Crippen LogP contribution is 2.55. The molecule has 5 atom stereocenters. The maximum Gasteiger partial charge on any atom is 0.305 e. The molecule has 0 saturated heterocycles. The van der Waals surface area contributed by atoms with Gasteiger partial charge in [0, 0.05) is 30.2 Å². The molecule has 3 rings (SSSR count). The second-order valence-electron chi connectivity index (χ2n) is 11.8. The molecule has 0 bridgehead atoms. The molecule has 1 saturated carbocycles. The van der Waals surface area contributed by atoms with E-state index in [1.807, 2.05) is 12.1 Å². The van der Waals surface area contributed by atoms with Gasteiger partial charge in [-0.1, -0.05) is 39.0 Å². The quantitative estimate of drug-likeness (QED) is 0.421. The van der Waals surface area contributed by atoms with Crippen molar-refractivity contribution in [3.63, 3.8) is 0 Å². The van der Waals surface area contributed by atoms with Crippen LogP contribution >= 0.6 is 0 Å². The number of para-hydroxylation sites is 1. The number of esters is 1. The molecule has 6 nitrogen and oxygen atoms in total. The lowest BCUT2D eigenvalue weighted by Gasteiger charge is -2.42. The Labute approximate surface area is 199 Å². The third kappa shape index (κ3) is 5.31. The van der Waals surface area contributed by atoms with Crippen LogP contribution in [-0.2, 0) is 20.4 Å². The van der Waals surface area contributed by atoms with E-state index in [9.17, 15) is 15.0 Å². The third-order valence-corrected chi connectivity index (χ3v) is 12.4. The lowest BCUT2D eigenvalue weighted by molar-refractivity contribution is -0.140. The summed E-state index contributed by atoms with van der Waals surface area (Å²) < 4.78 is 18.1. The first-order valence-corrected chi connectivity index (χ1v) is 15.0. The Hall–Kier alpha value is -1.41. The van der Waals surface area contributed by atoms with Gasteiger partial charge in [0.15, 0.2) is 8.32 Å². The van der Waals surface area contributed by atoms with Crippen molar-refractivity contribution in [2.24, 2.45) is 5.92 Å². The first-order chi connectivity index (χ1) is 15.2. The van der Waals surface area contributed by atoms with E-state index in [0.717, 1.165) is 23.3 Å². The van der Waals surface area contributed by atoms with Crippen LogP contribution in [0.1, 0.15) is 70.9 Å². The van der Waals surface area contributed by atoms with Crippen molar-refractivity contribution < 1.29 is 28.9 Å². The molecule has 0 amide bonds. The zero-order valence-corrected chi connectivity index (χ0v) is 22.5. The Morgan fingerprint density at radius 1 is 1.24 bits per heavy atom. The Balaban J connectivity index is 1.91. The molecule has 1 fully saturated rings. The molecule has 1 aromatic carbocycles. The number of carbonyl (C=O) groups excluding carboxylic acids is 1. The number of fused-ring (bicyclic) bond motifs is 3. The number of rotatable bonds is 8. The van der Waals surface area contributed by atoms with Crippen molar-refractivity contribution >= 4 is 14.3 Å². The van der Waals surface area contributed by atoms with Gasteiger partial charge in [-0.25, -0.2) is 0 Å². The second kappa shape index (κ2) is 9.32. The molecule has 186 valence electrons. The van der Waals surface area contributed by atoms with E-state index >= 15 is 0 Å². The van der Waals surface area contributed by atoms with Crippen LogP contribution in [0.3, 0.4) is 0 Å². The Kier molecular flexibility index (Phi) is 7.40. The largest absolute Gasteiger partial charge is 0.489 e. The smallest absolute Gasteiger partial charge is 0.305 e. The molecule has 2 N–H and O–H groups in total. The predicted octanol–water partition coefficient (Wildman–Crippen LogP) is 4.57. The predicted molar refractivity (Wildman–Crippen MR) is 131 cm³/mol. The van der Waals surface area contributed by atoms with Gasteiger partial charge in [0.2, 0.25) is 0 Å². The zero-order chi connectivity index (χ0) is 24.8. The van der Waals surface area contributed by atoms with Gasteiger partial charge in [-0.3, -0.25) is 4.79 Å². The van der Waals surface area contributed by atoms with Gasteiger partial charge in [-0.2, -0.15) is 0 Å². The monoisotopic (exact) mass is 478 g/mol. The molecule has 5 unspecified atom stereocenters. The van der Waals surface area contributed by atoms with E-state index in [1.165, 1.54) is 7.11 Å². The van der Waals surface area contributed by atoms with E-state index < -0.39 is 20.0 Å². The van der Waals surface area contributed by atoms with Crippen molar-refractivity contribution in [3.8, 4) is 5.75 Å². The molecule has 7 heteroatoms. The topological polar surface area (TPSA) is 85.2 Å². The van der Waals surface area contributed by atoms with Crippen LogP contribution in [0.4, 0.5) is 0 Å². The maximum atomic E-state index is 11.5. The summed E-state index contributed by atoms with van der Waals surface area (Å²) in [6.45, 7) is 14.4. The fourth-order valence-electron chi connectivity index (χ4n) is 4.98. The van der Waals surface area contributed by atoms with Gasteiger partial charge in [0.1, 0.15) is 11.9 Å². The number of aliphatic hydroxyl groups excluding tert-OH is 1. The van der Waals surface area contributed by atoms with E-state index in [0.29, 0.717) is 19.3 Å². The molecule has 1 heterocycles. The normalized spacial score (nSPS) is 25.9. The molecule has 0 spiro atoms. The number of aryl methyl sites for hydroxylation is 1. The number of aliphatic hydroxyl groups is 2.